The summed E-state index contributed by atoms with van der Waals surface area (Å²) in [4.78, 5) is 0. The fourth-order valence-electron chi connectivity index (χ4n) is 0.283. The van der Waals surface area contributed by atoms with Gasteiger partial charge in [-0.15, -0.1) is 0 Å². The SMILES string of the molecule is CC[CH2][Hf]([Cl])([Cl])[Cl]. The van der Waals surface area contributed by atoms with E-state index in [1.54, 1.807) is 0 Å². The van der Waals surface area contributed by atoms with E-state index in [2.05, 4.69) is 0 Å². The molecule has 4 heteroatoms. The molecule has 0 aromatic heterocycles. The van der Waals surface area contributed by atoms with E-state index in [4.69, 9.17) is 25.7 Å². The van der Waals surface area contributed by atoms with Crippen LogP contribution in [0.5, 0.6) is 0 Å². The monoisotopic (exact) mass is 328 g/mol. The van der Waals surface area contributed by atoms with Crippen LogP contribution in [0.1, 0.15) is 13.3 Å². The molecule has 0 aromatic carbocycles. The van der Waals surface area contributed by atoms with Crippen molar-refractivity contribution in [3.8, 4) is 0 Å². The van der Waals surface area contributed by atoms with Gasteiger partial charge < -0.3 is 0 Å². The Labute approximate surface area is 59.2 Å². The van der Waals surface area contributed by atoms with Gasteiger partial charge in [0.05, 0.1) is 0 Å². The van der Waals surface area contributed by atoms with E-state index in [0.717, 1.165) is 10.6 Å². The second-order valence-electron chi connectivity index (χ2n) is 1.37. The summed E-state index contributed by atoms with van der Waals surface area (Å²) in [5.74, 6) is 0. The molecule has 7 heavy (non-hydrogen) atoms. The molecule has 0 saturated heterocycles. The van der Waals surface area contributed by atoms with Crippen molar-refractivity contribution >= 4 is 25.7 Å². The molecule has 0 radical (unpaired) electrons. The molecule has 0 nitrogen and oxygen atoms in total. The number of hydrogen-bond donors (Lipinski definition) is 0. The van der Waals surface area contributed by atoms with Gasteiger partial charge in [0, 0.05) is 0 Å². The standard InChI is InChI=1S/C3H7.3ClH.Hf/c1-3-2;;;;/h1,3H2,2H3;3*1H;/q;;;;+3/p-3. The van der Waals surface area contributed by atoms with Gasteiger partial charge in [0.25, 0.3) is 0 Å². The molecule has 0 aromatic rings. The van der Waals surface area contributed by atoms with E-state index in [0.29, 0.717) is 0 Å². The molecular weight excluding hydrogens is 321 g/mol. The molecule has 0 amide bonds. The molecule has 0 rings (SSSR count). The first-order chi connectivity index (χ1) is 3.06. The zero-order chi connectivity index (χ0) is 5.91. The summed E-state index contributed by atoms with van der Waals surface area (Å²) in [6, 6.07) is 0. The van der Waals surface area contributed by atoms with Crippen LogP contribution in [0.3, 0.4) is 0 Å². The number of halogens is 3. The van der Waals surface area contributed by atoms with E-state index in [9.17, 15) is 0 Å². The van der Waals surface area contributed by atoms with Gasteiger partial charge in [-0.25, -0.2) is 0 Å². The Balaban J connectivity index is 3.15. The molecule has 0 aliphatic rings. The van der Waals surface area contributed by atoms with Crippen molar-refractivity contribution < 1.29 is 16.4 Å². The fraction of sp³-hybridized carbons (Fsp3) is 1.00. The summed E-state index contributed by atoms with van der Waals surface area (Å²) in [5, 5.41) is 0. The van der Waals surface area contributed by atoms with Crippen LogP contribution in [0, 0.1) is 0 Å². The van der Waals surface area contributed by atoms with Crippen LogP contribution in [0.15, 0.2) is 0 Å². The quantitative estimate of drug-likeness (QED) is 0.682. The van der Waals surface area contributed by atoms with Crippen molar-refractivity contribution in [2.24, 2.45) is 0 Å². The third kappa shape index (κ3) is 7.74. The topological polar surface area (TPSA) is 0 Å². The second-order valence-corrected chi connectivity index (χ2v) is 28.2. The molecule has 0 aliphatic carbocycles. The molecule has 0 fully saturated rings. The summed E-state index contributed by atoms with van der Waals surface area (Å²) in [6.45, 7) is 2.03. The van der Waals surface area contributed by atoms with E-state index in [1.165, 1.54) is 0 Å². The Morgan fingerprint density at radius 1 is 1.29 bits per heavy atom. The maximum atomic E-state index is 5.59. The van der Waals surface area contributed by atoms with Gasteiger partial charge in [0.15, 0.2) is 0 Å². The number of hydrogen-bond acceptors (Lipinski definition) is 0. The molecule has 0 saturated carbocycles. The summed E-state index contributed by atoms with van der Waals surface area (Å²) >= 11 is -2.97. The average Bonchev–Trinajstić information content (AvgIpc) is 1.30. The summed E-state index contributed by atoms with van der Waals surface area (Å²) in [5.41, 5.74) is 0. The van der Waals surface area contributed by atoms with E-state index in [-0.39, 0.29) is 0 Å². The Morgan fingerprint density at radius 3 is 1.71 bits per heavy atom. The van der Waals surface area contributed by atoms with Crippen LogP contribution in [0.2, 0.25) is 4.18 Å². The first kappa shape index (κ1) is 8.74. The normalized spacial score (nSPS) is 12.0. The van der Waals surface area contributed by atoms with Gasteiger partial charge >= 0.3 is 59.7 Å². The minimum atomic E-state index is -2.97. The van der Waals surface area contributed by atoms with Crippen LogP contribution in [0.25, 0.3) is 0 Å². The van der Waals surface area contributed by atoms with E-state index in [1.807, 2.05) is 6.92 Å². The van der Waals surface area contributed by atoms with Crippen molar-refractivity contribution in [2.75, 3.05) is 0 Å². The van der Waals surface area contributed by atoms with Crippen molar-refractivity contribution in [1.29, 1.82) is 0 Å². The molecule has 44 valence electrons. The molecule has 0 bridgehead atoms. The summed E-state index contributed by atoms with van der Waals surface area (Å²) in [7, 11) is 16.8. The van der Waals surface area contributed by atoms with Gasteiger partial charge in [-0.05, 0) is 0 Å². The van der Waals surface area contributed by atoms with Gasteiger partial charge in [-0.3, -0.25) is 0 Å². The maximum absolute atomic E-state index is 5.59. The summed E-state index contributed by atoms with van der Waals surface area (Å²) in [6.07, 6.45) is 1.01. The van der Waals surface area contributed by atoms with Crippen molar-refractivity contribution in [1.82, 2.24) is 0 Å². The molecule has 0 atom stereocenters. The molecule has 0 unspecified atom stereocenters. The van der Waals surface area contributed by atoms with E-state index < -0.39 is 16.4 Å². The van der Waals surface area contributed by atoms with Gasteiger partial charge in [0.1, 0.15) is 0 Å². The Kier molecular flexibility index (Phi) is 4.63. The van der Waals surface area contributed by atoms with E-state index >= 15 is 0 Å². The average molecular weight is 328 g/mol. The number of rotatable bonds is 2. The van der Waals surface area contributed by atoms with Crippen molar-refractivity contribution in [3.63, 3.8) is 0 Å². The molecule has 0 aliphatic heterocycles. The predicted octanol–water partition coefficient (Wildman–Crippen LogP) is 3.43. The van der Waals surface area contributed by atoms with Crippen LogP contribution in [-0.2, 0) is 16.4 Å². The van der Waals surface area contributed by atoms with Crippen molar-refractivity contribution in [2.45, 2.75) is 17.5 Å². The zero-order valence-corrected chi connectivity index (χ0v) is 9.91. The zero-order valence-electron chi connectivity index (χ0n) is 4.05. The first-order valence-electron chi connectivity index (χ1n) is 2.13. The third-order valence-electron chi connectivity index (χ3n) is 0.533. The van der Waals surface area contributed by atoms with Crippen LogP contribution in [0.4, 0.5) is 0 Å². The molecule has 0 spiro atoms. The Bertz CT molecular complexity index is 48.6. The van der Waals surface area contributed by atoms with Gasteiger partial charge in [-0.1, -0.05) is 0 Å². The second kappa shape index (κ2) is 3.71. The van der Waals surface area contributed by atoms with Gasteiger partial charge in [-0.2, -0.15) is 0 Å². The van der Waals surface area contributed by atoms with Crippen LogP contribution < -0.4 is 0 Å². The Hall–Kier alpha value is 1.74. The Morgan fingerprint density at radius 2 is 1.71 bits per heavy atom. The third-order valence-corrected chi connectivity index (χ3v) is 9.01. The van der Waals surface area contributed by atoms with Crippen LogP contribution in [-0.4, -0.2) is 0 Å². The summed E-state index contributed by atoms with van der Waals surface area (Å²) < 4.78 is 0.859. The van der Waals surface area contributed by atoms with Crippen LogP contribution >= 0.6 is 25.7 Å². The minimum absolute atomic E-state index is 0.859. The van der Waals surface area contributed by atoms with Gasteiger partial charge in [0.2, 0.25) is 0 Å². The van der Waals surface area contributed by atoms with Crippen molar-refractivity contribution in [3.05, 3.63) is 0 Å². The first-order valence-corrected chi connectivity index (χ1v) is 18.0. The fourth-order valence-corrected chi connectivity index (χ4v) is 6.96. The predicted molar refractivity (Wildman–Crippen MR) is 32.7 cm³/mol. The molecule has 0 heterocycles. The molecule has 0 N–H and O–H groups in total. The molecular formula is C3H7Cl3Hf.